The third-order valence-corrected chi connectivity index (χ3v) is 5.04. The van der Waals surface area contributed by atoms with Crippen molar-refractivity contribution in [3.8, 4) is 0 Å². The predicted molar refractivity (Wildman–Crippen MR) is 120 cm³/mol. The maximum atomic E-state index is 13.2. The molecule has 0 radical (unpaired) electrons. The van der Waals surface area contributed by atoms with E-state index in [4.69, 9.17) is 0 Å². The first-order chi connectivity index (χ1) is 14.6. The van der Waals surface area contributed by atoms with Crippen LogP contribution in [0.3, 0.4) is 0 Å². The summed E-state index contributed by atoms with van der Waals surface area (Å²) in [5.41, 5.74) is 0.926. The zero-order valence-electron chi connectivity index (χ0n) is 17.1. The van der Waals surface area contributed by atoms with Crippen LogP contribution in [0.15, 0.2) is 48.9 Å². The summed E-state index contributed by atoms with van der Waals surface area (Å²) in [5, 5.41) is 16.3. The van der Waals surface area contributed by atoms with Crippen molar-refractivity contribution in [3.63, 3.8) is 0 Å². The fourth-order valence-corrected chi connectivity index (χ4v) is 3.34. The summed E-state index contributed by atoms with van der Waals surface area (Å²) in [5.74, 6) is 2.10. The second-order valence-electron chi connectivity index (χ2n) is 7.29. The fourth-order valence-electron chi connectivity index (χ4n) is 3.34. The number of anilines is 4. The van der Waals surface area contributed by atoms with Crippen molar-refractivity contribution in [3.05, 3.63) is 60.3 Å². The fraction of sp³-hybridized carbons (Fsp3) is 0.333. The van der Waals surface area contributed by atoms with Crippen molar-refractivity contribution in [2.75, 3.05) is 28.6 Å². The van der Waals surface area contributed by atoms with Crippen LogP contribution in [-0.4, -0.2) is 44.2 Å². The molecule has 10 heteroatoms. The van der Waals surface area contributed by atoms with Gasteiger partial charge in [0.25, 0.3) is 0 Å². The number of aliphatic hydroxyl groups is 1. The summed E-state index contributed by atoms with van der Waals surface area (Å²) < 4.78 is 13.2. The van der Waals surface area contributed by atoms with Crippen LogP contribution in [0.1, 0.15) is 31.4 Å². The maximum Gasteiger partial charge on any atom is 0.227 e. The Balaban J connectivity index is 0.00000272. The minimum absolute atomic E-state index is 0. The molecule has 1 aromatic carbocycles. The van der Waals surface area contributed by atoms with Gasteiger partial charge in [-0.2, -0.15) is 9.97 Å². The number of rotatable bonds is 6. The molecule has 2 aromatic heterocycles. The van der Waals surface area contributed by atoms with Gasteiger partial charge in [0.05, 0.1) is 18.3 Å². The molecule has 4 rings (SSSR count). The lowest BCUT2D eigenvalue weighted by Gasteiger charge is -2.31. The van der Waals surface area contributed by atoms with Crippen LogP contribution >= 0.6 is 12.4 Å². The molecule has 1 fully saturated rings. The van der Waals surface area contributed by atoms with E-state index in [1.54, 1.807) is 30.7 Å². The Morgan fingerprint density at radius 2 is 1.84 bits per heavy atom. The Hall–Kier alpha value is -3.04. The molecule has 1 atom stereocenters. The first kappa shape index (κ1) is 22.6. The SMILES string of the molecule is C[C@H](Nc1nc(Nc2cnccn2)cc(N2CCC(O)CC2)n1)c1ccc(F)cc1.Cl. The van der Waals surface area contributed by atoms with E-state index >= 15 is 0 Å². The highest BCUT2D eigenvalue weighted by Crippen LogP contribution is 2.25. The van der Waals surface area contributed by atoms with Crippen LogP contribution in [0.2, 0.25) is 0 Å². The Bertz CT molecular complexity index is 969. The van der Waals surface area contributed by atoms with E-state index in [2.05, 4.69) is 35.5 Å². The van der Waals surface area contributed by atoms with Gasteiger partial charge in [-0.15, -0.1) is 12.4 Å². The summed E-state index contributed by atoms with van der Waals surface area (Å²) >= 11 is 0. The lowest BCUT2D eigenvalue weighted by Crippen LogP contribution is -2.36. The quantitative estimate of drug-likeness (QED) is 0.528. The summed E-state index contributed by atoms with van der Waals surface area (Å²) in [7, 11) is 0. The van der Waals surface area contributed by atoms with Gasteiger partial charge in [0.2, 0.25) is 5.95 Å². The third kappa shape index (κ3) is 5.99. The van der Waals surface area contributed by atoms with Crippen molar-refractivity contribution in [1.82, 2.24) is 19.9 Å². The summed E-state index contributed by atoms with van der Waals surface area (Å²) in [6, 6.07) is 8.09. The molecule has 0 unspecified atom stereocenters. The van der Waals surface area contributed by atoms with Crippen molar-refractivity contribution in [2.45, 2.75) is 31.9 Å². The zero-order chi connectivity index (χ0) is 20.9. The number of aliphatic hydroxyl groups excluding tert-OH is 1. The Morgan fingerprint density at radius 1 is 1.10 bits per heavy atom. The van der Waals surface area contributed by atoms with Gasteiger partial charge in [-0.25, -0.2) is 9.37 Å². The monoisotopic (exact) mass is 445 g/mol. The van der Waals surface area contributed by atoms with Crippen molar-refractivity contribution in [2.24, 2.45) is 0 Å². The standard InChI is InChI=1S/C21H24FN7O.ClH/c1-14(15-2-4-16(22)5-3-15)25-21-27-18(26-19-13-23-8-9-24-19)12-20(28-21)29-10-6-17(30)7-11-29;/h2-5,8-9,12-14,17,30H,6-7,10-11H2,1H3,(H2,24,25,26,27,28);1H/t14-;/m0./s1. The second-order valence-corrected chi connectivity index (χ2v) is 7.29. The van der Waals surface area contributed by atoms with E-state index in [1.807, 2.05) is 13.0 Å². The third-order valence-electron chi connectivity index (χ3n) is 5.04. The van der Waals surface area contributed by atoms with Crippen LogP contribution in [-0.2, 0) is 0 Å². The molecule has 3 N–H and O–H groups in total. The van der Waals surface area contributed by atoms with Gasteiger partial charge in [0.1, 0.15) is 23.3 Å². The van der Waals surface area contributed by atoms with Crippen molar-refractivity contribution >= 4 is 35.8 Å². The number of nitrogens with zero attached hydrogens (tertiary/aromatic N) is 5. The molecule has 1 saturated heterocycles. The first-order valence-electron chi connectivity index (χ1n) is 9.94. The van der Waals surface area contributed by atoms with E-state index in [1.165, 1.54) is 12.1 Å². The first-order valence-corrected chi connectivity index (χ1v) is 9.94. The number of hydrogen-bond donors (Lipinski definition) is 3. The van der Waals surface area contributed by atoms with Crippen molar-refractivity contribution < 1.29 is 9.50 Å². The minimum atomic E-state index is -0.271. The maximum absolute atomic E-state index is 13.2. The molecule has 1 aliphatic rings. The molecule has 31 heavy (non-hydrogen) atoms. The van der Waals surface area contributed by atoms with E-state index in [0.29, 0.717) is 30.4 Å². The highest BCUT2D eigenvalue weighted by molar-refractivity contribution is 5.85. The average molecular weight is 446 g/mol. The topological polar surface area (TPSA) is 99.1 Å². The largest absolute Gasteiger partial charge is 0.393 e. The molecule has 8 nitrogen and oxygen atoms in total. The molecular weight excluding hydrogens is 421 g/mol. The van der Waals surface area contributed by atoms with Gasteiger partial charge >= 0.3 is 0 Å². The van der Waals surface area contributed by atoms with E-state index in [9.17, 15) is 9.50 Å². The lowest BCUT2D eigenvalue weighted by atomic mass is 10.1. The molecule has 164 valence electrons. The van der Waals surface area contributed by atoms with Crippen LogP contribution in [0.5, 0.6) is 0 Å². The molecule has 0 bridgehead atoms. The zero-order valence-corrected chi connectivity index (χ0v) is 17.9. The highest BCUT2D eigenvalue weighted by atomic mass is 35.5. The number of nitrogens with one attached hydrogen (secondary N) is 2. The Kier molecular flexibility index (Phi) is 7.54. The molecule has 0 amide bonds. The van der Waals surface area contributed by atoms with E-state index < -0.39 is 0 Å². The van der Waals surface area contributed by atoms with E-state index in [-0.39, 0.29) is 30.4 Å². The molecule has 3 aromatic rings. The summed E-state index contributed by atoms with van der Waals surface area (Å²) in [4.78, 5) is 19.7. The predicted octanol–water partition coefficient (Wildman–Crippen LogP) is 3.71. The summed E-state index contributed by atoms with van der Waals surface area (Å²) in [6.45, 7) is 3.40. The van der Waals surface area contributed by atoms with Gasteiger partial charge in [0.15, 0.2) is 0 Å². The average Bonchev–Trinajstić information content (AvgIpc) is 2.75. The summed E-state index contributed by atoms with van der Waals surface area (Å²) in [6.07, 6.45) is 5.96. The van der Waals surface area contributed by atoms with Gasteiger partial charge in [-0.3, -0.25) is 4.98 Å². The molecule has 0 saturated carbocycles. The molecular formula is C21H25ClFN7O. The molecule has 0 spiro atoms. The van der Waals surface area contributed by atoms with Crippen molar-refractivity contribution in [1.29, 1.82) is 0 Å². The number of aromatic nitrogens is 4. The number of halogens is 2. The number of hydrogen-bond acceptors (Lipinski definition) is 8. The second kappa shape index (κ2) is 10.3. The number of benzene rings is 1. The van der Waals surface area contributed by atoms with Crippen LogP contribution < -0.4 is 15.5 Å². The minimum Gasteiger partial charge on any atom is -0.393 e. The normalized spacial score (nSPS) is 15.1. The van der Waals surface area contributed by atoms with Crippen LogP contribution in [0.4, 0.5) is 27.8 Å². The molecule has 1 aliphatic heterocycles. The van der Waals surface area contributed by atoms with Crippen LogP contribution in [0.25, 0.3) is 0 Å². The van der Waals surface area contributed by atoms with Gasteiger partial charge in [-0.1, -0.05) is 12.1 Å². The van der Waals surface area contributed by atoms with E-state index in [0.717, 1.165) is 24.5 Å². The van der Waals surface area contributed by atoms with Gasteiger partial charge < -0.3 is 20.6 Å². The smallest absolute Gasteiger partial charge is 0.227 e. The van der Waals surface area contributed by atoms with Gasteiger partial charge in [-0.05, 0) is 37.5 Å². The Morgan fingerprint density at radius 3 is 2.52 bits per heavy atom. The van der Waals surface area contributed by atoms with Gasteiger partial charge in [0, 0.05) is 31.5 Å². The number of piperidine rings is 1. The highest BCUT2D eigenvalue weighted by Gasteiger charge is 2.20. The Labute approximate surface area is 186 Å². The molecule has 0 aliphatic carbocycles. The molecule has 3 heterocycles. The lowest BCUT2D eigenvalue weighted by molar-refractivity contribution is 0.145. The van der Waals surface area contributed by atoms with Crippen LogP contribution in [0, 0.1) is 5.82 Å².